The van der Waals surface area contributed by atoms with Crippen molar-refractivity contribution in [3.05, 3.63) is 29.8 Å². The summed E-state index contributed by atoms with van der Waals surface area (Å²) in [6.07, 6.45) is 5.69. The Morgan fingerprint density at radius 1 is 1.06 bits per heavy atom. The lowest BCUT2D eigenvalue weighted by atomic mass is 9.81. The molecule has 4 amide bonds. The van der Waals surface area contributed by atoms with Crippen molar-refractivity contribution >= 4 is 35.4 Å². The van der Waals surface area contributed by atoms with Gasteiger partial charge >= 0.3 is 0 Å². The fourth-order valence-corrected chi connectivity index (χ4v) is 4.89. The molecular weight excluding hydrogens is 430 g/mol. The van der Waals surface area contributed by atoms with Crippen LogP contribution >= 0.6 is 11.8 Å². The highest BCUT2D eigenvalue weighted by Gasteiger charge is 2.51. The maximum Gasteiger partial charge on any atom is 0.251 e. The van der Waals surface area contributed by atoms with Crippen LogP contribution in [0, 0.1) is 11.8 Å². The van der Waals surface area contributed by atoms with E-state index in [-0.39, 0.29) is 48.6 Å². The van der Waals surface area contributed by atoms with E-state index in [1.54, 1.807) is 43.1 Å². The van der Waals surface area contributed by atoms with Gasteiger partial charge in [-0.2, -0.15) is 11.8 Å². The van der Waals surface area contributed by atoms with E-state index >= 15 is 0 Å². The first-order chi connectivity index (χ1) is 15.5. The number of ether oxygens (including phenoxy) is 1. The molecule has 0 spiro atoms. The van der Waals surface area contributed by atoms with Crippen LogP contribution in [0.25, 0.3) is 0 Å². The molecule has 3 atom stereocenters. The lowest BCUT2D eigenvalue weighted by Gasteiger charge is -2.26. The summed E-state index contributed by atoms with van der Waals surface area (Å²) in [6, 6.07) is 5.93. The van der Waals surface area contributed by atoms with Gasteiger partial charge in [0.15, 0.2) is 0 Å². The first kappa shape index (κ1) is 24.1. The largest absolute Gasteiger partial charge is 0.497 e. The minimum absolute atomic E-state index is 0.200. The highest BCUT2D eigenvalue weighted by molar-refractivity contribution is 7.98. The van der Waals surface area contributed by atoms with Crippen LogP contribution in [0.5, 0.6) is 5.75 Å². The summed E-state index contributed by atoms with van der Waals surface area (Å²) in [7, 11) is 1.56. The molecule has 1 saturated carbocycles. The summed E-state index contributed by atoms with van der Waals surface area (Å²) < 4.78 is 5.08. The van der Waals surface area contributed by atoms with E-state index < -0.39 is 6.04 Å². The number of nitrogens with one attached hydrogen (secondary N) is 2. The maximum absolute atomic E-state index is 12.9. The lowest BCUT2D eigenvalue weighted by Crippen LogP contribution is -2.51. The fourth-order valence-electron chi connectivity index (χ4n) is 4.43. The Bertz CT molecular complexity index is 821. The highest BCUT2D eigenvalue weighted by Crippen LogP contribution is 2.39. The molecule has 0 aromatic heterocycles. The zero-order chi connectivity index (χ0) is 23.1. The smallest absolute Gasteiger partial charge is 0.251 e. The summed E-state index contributed by atoms with van der Waals surface area (Å²) in [5, 5.41) is 5.54. The zero-order valence-corrected chi connectivity index (χ0v) is 19.4. The summed E-state index contributed by atoms with van der Waals surface area (Å²) in [4.78, 5) is 52.3. The predicted molar refractivity (Wildman–Crippen MR) is 122 cm³/mol. The number of thioether (sulfide) groups is 1. The van der Waals surface area contributed by atoms with Crippen molar-refractivity contribution < 1.29 is 23.9 Å². The topological polar surface area (TPSA) is 105 Å². The minimum atomic E-state index is -0.801. The number of nitrogens with zero attached hydrogens (tertiary/aromatic N) is 1. The van der Waals surface area contributed by atoms with Crippen LogP contribution in [0.4, 0.5) is 0 Å². The molecule has 1 aliphatic heterocycles. The molecule has 1 aromatic rings. The van der Waals surface area contributed by atoms with E-state index in [0.717, 1.165) is 25.7 Å². The number of rotatable bonds is 10. The van der Waals surface area contributed by atoms with E-state index in [2.05, 4.69) is 10.6 Å². The maximum atomic E-state index is 12.9. The van der Waals surface area contributed by atoms with Crippen molar-refractivity contribution in [3.63, 3.8) is 0 Å². The third-order valence-corrected chi connectivity index (χ3v) is 6.79. The van der Waals surface area contributed by atoms with Gasteiger partial charge in [0.05, 0.1) is 18.9 Å². The second-order valence-corrected chi connectivity index (χ2v) is 9.10. The molecule has 9 heteroatoms. The number of carbonyl (C=O) groups is 4. The van der Waals surface area contributed by atoms with Gasteiger partial charge in [0, 0.05) is 18.7 Å². The Morgan fingerprint density at radius 3 is 2.22 bits per heavy atom. The first-order valence-corrected chi connectivity index (χ1v) is 12.4. The second kappa shape index (κ2) is 11.4. The Morgan fingerprint density at radius 2 is 1.66 bits per heavy atom. The molecule has 174 valence electrons. The number of methoxy groups -OCH3 is 1. The van der Waals surface area contributed by atoms with Crippen LogP contribution in [0.3, 0.4) is 0 Å². The van der Waals surface area contributed by atoms with Gasteiger partial charge in [-0.3, -0.25) is 24.1 Å². The first-order valence-electron chi connectivity index (χ1n) is 11.0. The number of imide groups is 1. The molecule has 1 aliphatic carbocycles. The van der Waals surface area contributed by atoms with Crippen LogP contribution in [0.15, 0.2) is 24.3 Å². The van der Waals surface area contributed by atoms with Crippen molar-refractivity contribution in [2.75, 3.05) is 32.2 Å². The van der Waals surface area contributed by atoms with Gasteiger partial charge in [-0.1, -0.05) is 12.8 Å². The van der Waals surface area contributed by atoms with Gasteiger partial charge in [0.25, 0.3) is 5.91 Å². The number of fused-ring (bicyclic) bond motifs is 1. The second-order valence-electron chi connectivity index (χ2n) is 8.12. The van der Waals surface area contributed by atoms with Crippen LogP contribution in [0.2, 0.25) is 0 Å². The SMILES string of the molecule is COc1ccc(C(=O)NCCNC(=O)C(CCSC)N2C(=O)C3CCCCC3C2=O)cc1. The molecule has 2 N–H and O–H groups in total. The number of hydrogen-bond acceptors (Lipinski definition) is 6. The highest BCUT2D eigenvalue weighted by atomic mass is 32.2. The third-order valence-electron chi connectivity index (χ3n) is 6.15. The van der Waals surface area contributed by atoms with Gasteiger partial charge in [-0.05, 0) is 55.5 Å². The molecule has 0 radical (unpaired) electrons. The third kappa shape index (κ3) is 5.43. The fraction of sp³-hybridized carbons (Fsp3) is 0.565. The Labute approximate surface area is 192 Å². The van der Waals surface area contributed by atoms with Crippen LogP contribution in [-0.4, -0.2) is 66.8 Å². The average molecular weight is 462 g/mol. The van der Waals surface area contributed by atoms with Crippen LogP contribution in [-0.2, 0) is 14.4 Å². The molecule has 1 heterocycles. The number of amides is 4. The minimum Gasteiger partial charge on any atom is -0.497 e. The normalized spacial score (nSPS) is 21.1. The molecule has 2 fully saturated rings. The summed E-state index contributed by atoms with van der Waals surface area (Å²) in [5.41, 5.74) is 0.492. The van der Waals surface area contributed by atoms with Crippen molar-refractivity contribution in [1.29, 1.82) is 0 Å². The molecule has 1 saturated heterocycles. The molecule has 2 aliphatic rings. The van der Waals surface area contributed by atoms with Gasteiger partial charge in [-0.25, -0.2) is 0 Å². The van der Waals surface area contributed by atoms with Crippen LogP contribution in [0.1, 0.15) is 42.5 Å². The number of benzene rings is 1. The lowest BCUT2D eigenvalue weighted by molar-refractivity contribution is -0.148. The van der Waals surface area contributed by atoms with Crippen molar-refractivity contribution in [3.8, 4) is 5.75 Å². The molecule has 3 rings (SSSR count). The molecule has 1 aromatic carbocycles. The monoisotopic (exact) mass is 461 g/mol. The van der Waals surface area contributed by atoms with Crippen molar-refractivity contribution in [2.24, 2.45) is 11.8 Å². The number of likely N-dealkylation sites (tertiary alicyclic amines) is 1. The van der Waals surface area contributed by atoms with Crippen LogP contribution < -0.4 is 15.4 Å². The summed E-state index contributed by atoms with van der Waals surface area (Å²) >= 11 is 1.57. The average Bonchev–Trinajstić information content (AvgIpc) is 3.07. The molecule has 3 unspecified atom stereocenters. The van der Waals surface area contributed by atoms with Crippen molar-refractivity contribution in [1.82, 2.24) is 15.5 Å². The van der Waals surface area contributed by atoms with Gasteiger partial charge < -0.3 is 15.4 Å². The Hall–Kier alpha value is -2.55. The number of hydrogen-bond donors (Lipinski definition) is 2. The molecule has 0 bridgehead atoms. The Balaban J connectivity index is 1.55. The van der Waals surface area contributed by atoms with E-state index in [4.69, 9.17) is 4.74 Å². The summed E-state index contributed by atoms with van der Waals surface area (Å²) in [6.45, 7) is 0.443. The van der Waals surface area contributed by atoms with E-state index in [1.807, 2.05) is 6.26 Å². The van der Waals surface area contributed by atoms with E-state index in [9.17, 15) is 19.2 Å². The standard InChI is InChI=1S/C23H31N3O5S/c1-31-16-9-7-15(8-10-16)20(27)24-12-13-25-21(28)19(11-14-32-2)26-22(29)17-5-3-4-6-18(17)23(26)30/h7-10,17-19H,3-6,11-14H2,1-2H3,(H,24,27)(H,25,28). The zero-order valence-electron chi connectivity index (χ0n) is 18.6. The predicted octanol–water partition coefficient (Wildman–Crippen LogP) is 1.84. The molecular formula is C23H31N3O5S. The van der Waals surface area contributed by atoms with Crippen molar-refractivity contribution in [2.45, 2.75) is 38.1 Å². The van der Waals surface area contributed by atoms with E-state index in [0.29, 0.717) is 23.5 Å². The molecule has 32 heavy (non-hydrogen) atoms. The molecule has 8 nitrogen and oxygen atoms in total. The van der Waals surface area contributed by atoms with Gasteiger partial charge in [0.1, 0.15) is 11.8 Å². The summed E-state index contributed by atoms with van der Waals surface area (Å²) in [5.74, 6) is -0.223. The van der Waals surface area contributed by atoms with Gasteiger partial charge in [-0.15, -0.1) is 0 Å². The van der Waals surface area contributed by atoms with E-state index in [1.165, 1.54) is 4.90 Å². The number of carbonyl (C=O) groups excluding carboxylic acids is 4. The van der Waals surface area contributed by atoms with Gasteiger partial charge in [0.2, 0.25) is 17.7 Å². The quantitative estimate of drug-likeness (QED) is 0.407. The Kier molecular flexibility index (Phi) is 8.55.